The van der Waals surface area contributed by atoms with Crippen molar-refractivity contribution in [2.45, 2.75) is 5.41 Å². The van der Waals surface area contributed by atoms with Crippen LogP contribution in [0.1, 0.15) is 27.8 Å². The van der Waals surface area contributed by atoms with Gasteiger partial charge in [0, 0.05) is 27.5 Å². The molecule has 1 atom stereocenters. The molecule has 0 radical (unpaired) electrons. The summed E-state index contributed by atoms with van der Waals surface area (Å²) in [5.74, 6) is 0.630. The highest BCUT2D eigenvalue weighted by molar-refractivity contribution is 6.12. The minimum Gasteiger partial charge on any atom is -0.309 e. The van der Waals surface area contributed by atoms with Gasteiger partial charge in [-0.2, -0.15) is 5.26 Å². The smallest absolute Gasteiger partial charge is 0.160 e. The van der Waals surface area contributed by atoms with Crippen LogP contribution in [0.2, 0.25) is 0 Å². The number of fused-ring (bicyclic) bond motifs is 5. The van der Waals surface area contributed by atoms with Crippen LogP contribution in [0.15, 0.2) is 182 Å². The third-order valence-electron chi connectivity index (χ3n) is 10.5. The first kappa shape index (κ1) is 29.8. The maximum absolute atomic E-state index is 9.63. The fourth-order valence-corrected chi connectivity index (χ4v) is 8.28. The van der Waals surface area contributed by atoms with Gasteiger partial charge in [0.15, 0.2) is 5.82 Å². The van der Waals surface area contributed by atoms with Gasteiger partial charge < -0.3 is 4.57 Å². The second kappa shape index (κ2) is 11.8. The highest BCUT2D eigenvalue weighted by Crippen LogP contribution is 2.54. The SMILES string of the molecule is N#Cc1cccc(-c2cc(-c3ccccc3)nc(-c3ccc(C4(c5ccccc5)c5ccccc5-n5c6ccccc6c6cccc4c65)cc3)n2)c1. The number of benzene rings is 7. The zero-order valence-electron chi connectivity index (χ0n) is 28.1. The van der Waals surface area contributed by atoms with Gasteiger partial charge in [-0.1, -0.05) is 152 Å². The van der Waals surface area contributed by atoms with Crippen LogP contribution >= 0.6 is 0 Å². The maximum atomic E-state index is 9.63. The quantitative estimate of drug-likeness (QED) is 0.184. The predicted molar refractivity (Wildman–Crippen MR) is 209 cm³/mol. The van der Waals surface area contributed by atoms with E-state index in [2.05, 4.69) is 144 Å². The van der Waals surface area contributed by atoms with Gasteiger partial charge >= 0.3 is 0 Å². The molecule has 1 aliphatic rings. The lowest BCUT2D eigenvalue weighted by Gasteiger charge is -2.41. The summed E-state index contributed by atoms with van der Waals surface area (Å²) >= 11 is 0. The van der Waals surface area contributed by atoms with Crippen LogP contribution in [-0.4, -0.2) is 14.5 Å². The number of aromatic nitrogens is 3. The van der Waals surface area contributed by atoms with Crippen LogP contribution in [0.3, 0.4) is 0 Å². The van der Waals surface area contributed by atoms with Gasteiger partial charge in [0.05, 0.1) is 45.2 Å². The van der Waals surface area contributed by atoms with Crippen LogP contribution < -0.4 is 0 Å². The molecule has 0 bridgehead atoms. The second-order valence-electron chi connectivity index (χ2n) is 13.3. The van der Waals surface area contributed by atoms with Gasteiger partial charge in [-0.3, -0.25) is 0 Å². The van der Waals surface area contributed by atoms with Gasteiger partial charge in [-0.15, -0.1) is 0 Å². The lowest BCUT2D eigenvalue weighted by molar-refractivity contribution is 0.728. The number of hydrogen-bond acceptors (Lipinski definition) is 3. The number of para-hydroxylation sites is 3. The van der Waals surface area contributed by atoms with Crippen LogP contribution in [0.4, 0.5) is 0 Å². The van der Waals surface area contributed by atoms with Crippen molar-refractivity contribution in [1.29, 1.82) is 5.26 Å². The van der Waals surface area contributed by atoms with Crippen molar-refractivity contribution in [2.75, 3.05) is 0 Å². The van der Waals surface area contributed by atoms with Crippen LogP contribution in [0, 0.1) is 11.3 Å². The molecule has 0 amide bonds. The molecule has 9 aromatic rings. The molecule has 4 heteroatoms. The lowest BCUT2D eigenvalue weighted by atomic mass is 9.63. The Morgan fingerprint density at radius 1 is 0.481 bits per heavy atom. The van der Waals surface area contributed by atoms with Gasteiger partial charge in [0.2, 0.25) is 0 Å². The van der Waals surface area contributed by atoms with Gasteiger partial charge in [-0.05, 0) is 52.6 Å². The van der Waals surface area contributed by atoms with Crippen molar-refractivity contribution in [3.63, 3.8) is 0 Å². The fraction of sp³-hybridized carbons (Fsp3) is 0.0208. The van der Waals surface area contributed by atoms with E-state index in [0.717, 1.165) is 28.1 Å². The van der Waals surface area contributed by atoms with Crippen LogP contribution in [0.5, 0.6) is 0 Å². The molecular formula is C48H30N4. The molecule has 3 heterocycles. The Labute approximate surface area is 301 Å². The average Bonchev–Trinajstić information content (AvgIpc) is 3.57. The van der Waals surface area contributed by atoms with E-state index in [1.807, 2.05) is 48.5 Å². The van der Waals surface area contributed by atoms with E-state index < -0.39 is 5.41 Å². The topological polar surface area (TPSA) is 54.5 Å². The van der Waals surface area contributed by atoms with E-state index in [1.165, 1.54) is 49.7 Å². The second-order valence-corrected chi connectivity index (χ2v) is 13.3. The summed E-state index contributed by atoms with van der Waals surface area (Å²) in [5, 5.41) is 12.1. The van der Waals surface area contributed by atoms with Crippen molar-refractivity contribution < 1.29 is 0 Å². The first-order valence-electron chi connectivity index (χ1n) is 17.5. The Hall–Kier alpha value is -7.09. The summed E-state index contributed by atoms with van der Waals surface area (Å²) in [5.41, 5.74) is 12.9. The van der Waals surface area contributed by atoms with E-state index in [4.69, 9.17) is 9.97 Å². The molecule has 10 rings (SSSR count). The molecule has 52 heavy (non-hydrogen) atoms. The standard InChI is InChI=1S/C48H30N4/c49-31-32-13-11-16-35(29-32)43-30-42(33-14-3-1-4-15-33)50-47(51-43)34-25-27-37(28-26-34)48(36-17-5-2-6-18-36)40-21-8-10-24-45(40)52-44-23-9-7-19-38(44)39-20-12-22-41(48)46(39)52/h1-30H. The largest absolute Gasteiger partial charge is 0.309 e. The van der Waals surface area contributed by atoms with Crippen molar-refractivity contribution >= 4 is 21.8 Å². The van der Waals surface area contributed by atoms with Crippen molar-refractivity contribution in [3.8, 4) is 45.7 Å². The van der Waals surface area contributed by atoms with E-state index in [-0.39, 0.29) is 0 Å². The van der Waals surface area contributed by atoms with Crippen molar-refractivity contribution in [2.24, 2.45) is 0 Å². The van der Waals surface area contributed by atoms with Crippen molar-refractivity contribution in [3.05, 3.63) is 210 Å². The molecule has 0 N–H and O–H groups in total. The van der Waals surface area contributed by atoms with E-state index in [9.17, 15) is 5.26 Å². The molecule has 0 spiro atoms. The van der Waals surface area contributed by atoms with E-state index in [1.54, 1.807) is 0 Å². The number of hydrogen-bond donors (Lipinski definition) is 0. The first-order valence-corrected chi connectivity index (χ1v) is 17.5. The maximum Gasteiger partial charge on any atom is 0.160 e. The summed E-state index contributed by atoms with van der Waals surface area (Å²) < 4.78 is 2.46. The van der Waals surface area contributed by atoms with Crippen LogP contribution in [-0.2, 0) is 5.41 Å². The summed E-state index contributed by atoms with van der Waals surface area (Å²) in [6.45, 7) is 0. The molecule has 1 aliphatic heterocycles. The lowest BCUT2D eigenvalue weighted by Crippen LogP contribution is -2.35. The molecule has 0 fully saturated rings. The van der Waals surface area contributed by atoms with E-state index in [0.29, 0.717) is 11.4 Å². The molecule has 2 aromatic heterocycles. The third-order valence-corrected chi connectivity index (χ3v) is 10.5. The number of rotatable bonds is 5. The normalized spacial score (nSPS) is 14.6. The predicted octanol–water partition coefficient (Wildman–Crippen LogP) is 11.1. The molecule has 0 aliphatic carbocycles. The number of nitrogens with zero attached hydrogens (tertiary/aromatic N) is 4. The molecule has 0 saturated carbocycles. The Bertz CT molecular complexity index is 2850. The molecular weight excluding hydrogens is 633 g/mol. The molecule has 7 aromatic carbocycles. The summed E-state index contributed by atoms with van der Waals surface area (Å²) in [6.07, 6.45) is 0. The monoisotopic (exact) mass is 662 g/mol. The van der Waals surface area contributed by atoms with Crippen LogP contribution in [0.25, 0.3) is 61.4 Å². The van der Waals surface area contributed by atoms with Gasteiger partial charge in [0.25, 0.3) is 0 Å². The summed E-state index contributed by atoms with van der Waals surface area (Å²) in [7, 11) is 0. The van der Waals surface area contributed by atoms with Gasteiger partial charge in [0.1, 0.15) is 0 Å². The average molecular weight is 663 g/mol. The minimum atomic E-state index is -0.587. The highest BCUT2D eigenvalue weighted by Gasteiger charge is 2.45. The summed E-state index contributed by atoms with van der Waals surface area (Å²) in [6, 6.07) is 66.1. The zero-order chi connectivity index (χ0) is 34.6. The van der Waals surface area contributed by atoms with Gasteiger partial charge in [-0.25, -0.2) is 9.97 Å². The molecule has 1 unspecified atom stereocenters. The Morgan fingerprint density at radius 2 is 1.10 bits per heavy atom. The summed E-state index contributed by atoms with van der Waals surface area (Å²) in [4.78, 5) is 10.2. The third kappa shape index (κ3) is 4.40. The van der Waals surface area contributed by atoms with E-state index >= 15 is 0 Å². The molecule has 242 valence electrons. The Kier molecular flexibility index (Phi) is 6.74. The Balaban J connectivity index is 1.21. The first-order chi connectivity index (χ1) is 25.7. The Morgan fingerprint density at radius 3 is 1.90 bits per heavy atom. The number of nitriles is 1. The van der Waals surface area contributed by atoms with Crippen molar-refractivity contribution in [1.82, 2.24) is 14.5 Å². The fourth-order valence-electron chi connectivity index (χ4n) is 8.28. The minimum absolute atomic E-state index is 0.587. The zero-order valence-corrected chi connectivity index (χ0v) is 28.1. The molecule has 0 saturated heterocycles. The molecule has 4 nitrogen and oxygen atoms in total. The highest BCUT2D eigenvalue weighted by atomic mass is 15.0.